The van der Waals surface area contributed by atoms with E-state index in [0.717, 1.165) is 19.4 Å². The molecule has 1 aliphatic heterocycles. The van der Waals surface area contributed by atoms with Gasteiger partial charge in [-0.2, -0.15) is 0 Å². The molecule has 0 radical (unpaired) electrons. The fourth-order valence-electron chi connectivity index (χ4n) is 3.10. The number of nitrogens with one attached hydrogen (secondary N) is 1. The minimum absolute atomic E-state index is 0.0122. The van der Waals surface area contributed by atoms with Crippen LogP contribution in [-0.4, -0.2) is 25.7 Å². The van der Waals surface area contributed by atoms with Gasteiger partial charge >= 0.3 is 5.97 Å². The molecule has 80 valence electrons. The summed E-state index contributed by atoms with van der Waals surface area (Å²) < 4.78 is 4.76. The number of methoxy groups -OCH3 is 1. The Hall–Kier alpha value is -0.570. The quantitative estimate of drug-likeness (QED) is 0.644. The molecule has 1 unspecified atom stereocenters. The van der Waals surface area contributed by atoms with Gasteiger partial charge in [0.1, 0.15) is 0 Å². The molecule has 0 aromatic rings. The van der Waals surface area contributed by atoms with Gasteiger partial charge in [-0.1, -0.05) is 0 Å². The number of ether oxygens (including phenoxy) is 1. The molecule has 1 saturated carbocycles. The van der Waals surface area contributed by atoms with Crippen LogP contribution in [0.4, 0.5) is 0 Å². The zero-order valence-corrected chi connectivity index (χ0v) is 9.01. The number of piperidine rings is 1. The molecule has 1 heterocycles. The Morgan fingerprint density at radius 1 is 1.43 bits per heavy atom. The van der Waals surface area contributed by atoms with Crippen molar-refractivity contribution in [3.05, 3.63) is 0 Å². The highest BCUT2D eigenvalue weighted by Gasteiger charge is 2.49. The van der Waals surface area contributed by atoms with Crippen molar-refractivity contribution in [3.63, 3.8) is 0 Å². The SMILES string of the molecule is COC(=O)C1CC2(CCNC(C)C2)C1. The fraction of sp³-hybridized carbons (Fsp3) is 0.909. The maximum atomic E-state index is 11.3. The molecule has 1 spiro atoms. The summed E-state index contributed by atoms with van der Waals surface area (Å²) in [6, 6.07) is 0.613. The Morgan fingerprint density at radius 2 is 2.14 bits per heavy atom. The average Bonchev–Trinajstić information content (AvgIpc) is 2.13. The van der Waals surface area contributed by atoms with Crippen LogP contribution in [0, 0.1) is 11.3 Å². The van der Waals surface area contributed by atoms with E-state index in [2.05, 4.69) is 12.2 Å². The van der Waals surface area contributed by atoms with Crippen molar-refractivity contribution in [1.82, 2.24) is 5.32 Å². The lowest BCUT2D eigenvalue weighted by atomic mass is 9.57. The summed E-state index contributed by atoms with van der Waals surface area (Å²) in [6.07, 6.45) is 4.54. The van der Waals surface area contributed by atoms with Gasteiger partial charge in [-0.05, 0) is 44.6 Å². The second-order valence-corrected chi connectivity index (χ2v) is 4.94. The van der Waals surface area contributed by atoms with Crippen LogP contribution in [0.3, 0.4) is 0 Å². The summed E-state index contributed by atoms with van der Waals surface area (Å²) in [7, 11) is 1.48. The fourth-order valence-corrected chi connectivity index (χ4v) is 3.10. The molecule has 1 saturated heterocycles. The number of carbonyl (C=O) groups is 1. The second-order valence-electron chi connectivity index (χ2n) is 4.94. The summed E-state index contributed by atoms with van der Waals surface area (Å²) >= 11 is 0. The summed E-state index contributed by atoms with van der Waals surface area (Å²) in [5.74, 6) is 0.173. The minimum atomic E-state index is -0.0122. The van der Waals surface area contributed by atoms with Gasteiger partial charge in [-0.25, -0.2) is 0 Å². The summed E-state index contributed by atoms with van der Waals surface area (Å²) in [4.78, 5) is 11.3. The topological polar surface area (TPSA) is 38.3 Å². The maximum absolute atomic E-state index is 11.3. The monoisotopic (exact) mass is 197 g/mol. The summed E-state index contributed by atoms with van der Waals surface area (Å²) in [5.41, 5.74) is 0.462. The van der Waals surface area contributed by atoms with Gasteiger partial charge < -0.3 is 10.1 Å². The summed E-state index contributed by atoms with van der Waals surface area (Å²) in [5, 5.41) is 3.45. The van der Waals surface area contributed by atoms with Crippen molar-refractivity contribution in [2.45, 2.75) is 38.6 Å². The van der Waals surface area contributed by atoms with Gasteiger partial charge in [0.15, 0.2) is 0 Å². The molecule has 14 heavy (non-hydrogen) atoms. The van der Waals surface area contributed by atoms with Gasteiger partial charge in [-0.15, -0.1) is 0 Å². The average molecular weight is 197 g/mol. The van der Waals surface area contributed by atoms with Crippen molar-refractivity contribution < 1.29 is 9.53 Å². The Morgan fingerprint density at radius 3 is 2.71 bits per heavy atom. The van der Waals surface area contributed by atoms with Crippen LogP contribution in [0.5, 0.6) is 0 Å². The molecule has 3 heteroatoms. The van der Waals surface area contributed by atoms with E-state index in [1.807, 2.05) is 0 Å². The van der Waals surface area contributed by atoms with E-state index in [0.29, 0.717) is 11.5 Å². The third-order valence-corrected chi connectivity index (χ3v) is 3.78. The van der Waals surface area contributed by atoms with Crippen molar-refractivity contribution in [3.8, 4) is 0 Å². The first-order chi connectivity index (χ1) is 6.65. The van der Waals surface area contributed by atoms with Crippen LogP contribution in [0.2, 0.25) is 0 Å². The van der Waals surface area contributed by atoms with E-state index in [1.165, 1.54) is 20.0 Å². The first kappa shape index (κ1) is 9.97. The van der Waals surface area contributed by atoms with E-state index >= 15 is 0 Å². The Labute approximate surface area is 85.2 Å². The van der Waals surface area contributed by atoms with Gasteiger partial charge in [0.2, 0.25) is 0 Å². The van der Waals surface area contributed by atoms with Crippen LogP contribution in [0.25, 0.3) is 0 Å². The number of esters is 1. The predicted molar refractivity (Wildman–Crippen MR) is 53.9 cm³/mol. The highest BCUT2D eigenvalue weighted by Crippen LogP contribution is 2.52. The van der Waals surface area contributed by atoms with Gasteiger partial charge in [0.25, 0.3) is 0 Å². The molecule has 1 atom stereocenters. The van der Waals surface area contributed by atoms with Crippen molar-refractivity contribution in [2.75, 3.05) is 13.7 Å². The molecule has 0 bridgehead atoms. The molecule has 0 aromatic heterocycles. The number of carbonyl (C=O) groups excluding carboxylic acids is 1. The standard InChI is InChI=1S/C11H19NO2/c1-8-5-11(3-4-12-8)6-9(7-11)10(13)14-2/h8-9,12H,3-7H2,1-2H3. The van der Waals surface area contributed by atoms with E-state index in [4.69, 9.17) is 4.74 Å². The minimum Gasteiger partial charge on any atom is -0.469 e. The van der Waals surface area contributed by atoms with Crippen molar-refractivity contribution >= 4 is 5.97 Å². The third-order valence-electron chi connectivity index (χ3n) is 3.78. The largest absolute Gasteiger partial charge is 0.469 e. The van der Waals surface area contributed by atoms with E-state index in [-0.39, 0.29) is 11.9 Å². The number of hydrogen-bond donors (Lipinski definition) is 1. The normalized spacial score (nSPS) is 41.9. The van der Waals surface area contributed by atoms with Crippen LogP contribution in [-0.2, 0) is 9.53 Å². The number of hydrogen-bond acceptors (Lipinski definition) is 3. The smallest absolute Gasteiger partial charge is 0.308 e. The van der Waals surface area contributed by atoms with Crippen LogP contribution in [0.15, 0.2) is 0 Å². The molecule has 2 aliphatic rings. The third kappa shape index (κ3) is 1.65. The van der Waals surface area contributed by atoms with Crippen LogP contribution in [0.1, 0.15) is 32.6 Å². The lowest BCUT2D eigenvalue weighted by molar-refractivity contribution is -0.155. The van der Waals surface area contributed by atoms with Gasteiger partial charge in [-0.3, -0.25) is 4.79 Å². The predicted octanol–water partition coefficient (Wildman–Crippen LogP) is 1.33. The van der Waals surface area contributed by atoms with Gasteiger partial charge in [0.05, 0.1) is 13.0 Å². The summed E-state index contributed by atoms with van der Waals surface area (Å²) in [6.45, 7) is 3.33. The Balaban J connectivity index is 1.88. The molecule has 1 aliphatic carbocycles. The van der Waals surface area contributed by atoms with Crippen LogP contribution < -0.4 is 5.32 Å². The maximum Gasteiger partial charge on any atom is 0.308 e. The van der Waals surface area contributed by atoms with Crippen molar-refractivity contribution in [1.29, 1.82) is 0 Å². The highest BCUT2D eigenvalue weighted by atomic mass is 16.5. The molecule has 1 N–H and O–H groups in total. The first-order valence-corrected chi connectivity index (χ1v) is 5.46. The van der Waals surface area contributed by atoms with E-state index in [1.54, 1.807) is 0 Å². The molecular weight excluding hydrogens is 178 g/mol. The molecule has 0 amide bonds. The molecule has 2 rings (SSSR count). The molecule has 2 fully saturated rings. The zero-order chi connectivity index (χ0) is 10.2. The zero-order valence-electron chi connectivity index (χ0n) is 9.01. The van der Waals surface area contributed by atoms with E-state index in [9.17, 15) is 4.79 Å². The first-order valence-electron chi connectivity index (χ1n) is 5.46. The Kier molecular flexibility index (Phi) is 2.52. The lowest BCUT2D eigenvalue weighted by Crippen LogP contribution is -2.50. The lowest BCUT2D eigenvalue weighted by Gasteiger charge is -2.50. The molecule has 3 nitrogen and oxygen atoms in total. The number of rotatable bonds is 1. The Bertz CT molecular complexity index is 233. The molecule has 0 aromatic carbocycles. The van der Waals surface area contributed by atoms with Crippen LogP contribution >= 0.6 is 0 Å². The van der Waals surface area contributed by atoms with Crippen molar-refractivity contribution in [2.24, 2.45) is 11.3 Å². The molecular formula is C11H19NO2. The second kappa shape index (κ2) is 3.54. The van der Waals surface area contributed by atoms with E-state index < -0.39 is 0 Å². The highest BCUT2D eigenvalue weighted by molar-refractivity contribution is 5.73. The van der Waals surface area contributed by atoms with Gasteiger partial charge in [0, 0.05) is 6.04 Å².